The summed E-state index contributed by atoms with van der Waals surface area (Å²) in [7, 11) is 1.68. The first kappa shape index (κ1) is 18.6. The number of H-pyrrole nitrogens is 1. The zero-order chi connectivity index (χ0) is 19.0. The molecule has 0 amide bonds. The Hall–Kier alpha value is -1.79. The van der Waals surface area contributed by atoms with Crippen LogP contribution in [-0.4, -0.2) is 17.1 Å². The van der Waals surface area contributed by atoms with Crippen LogP contribution in [0.15, 0.2) is 29.1 Å². The van der Waals surface area contributed by atoms with Gasteiger partial charge in [-0.15, -0.1) is 23.1 Å². The van der Waals surface area contributed by atoms with E-state index in [-0.39, 0.29) is 10.8 Å². The summed E-state index contributed by atoms with van der Waals surface area (Å²) in [4.78, 5) is 22.9. The summed E-state index contributed by atoms with van der Waals surface area (Å²) in [5, 5.41) is 0.946. The van der Waals surface area contributed by atoms with E-state index in [1.54, 1.807) is 30.2 Å². The molecule has 1 aliphatic carbocycles. The second-order valence-electron chi connectivity index (χ2n) is 7.29. The average molecular weight is 401 g/mol. The zero-order valence-corrected chi connectivity index (χ0v) is 17.5. The molecule has 2 heterocycles. The van der Waals surface area contributed by atoms with E-state index in [0.717, 1.165) is 46.8 Å². The fraction of sp³-hybridized carbons (Fsp3) is 0.429. The number of aryl methyl sites for hydroxylation is 1. The first-order chi connectivity index (χ1) is 13.0. The van der Waals surface area contributed by atoms with E-state index in [1.807, 2.05) is 18.2 Å². The van der Waals surface area contributed by atoms with Gasteiger partial charge in [0.2, 0.25) is 0 Å². The maximum absolute atomic E-state index is 12.8. The molecule has 0 unspecified atom stereocenters. The minimum atomic E-state index is 0.0240. The summed E-state index contributed by atoms with van der Waals surface area (Å²) >= 11 is 3.48. The fourth-order valence-electron chi connectivity index (χ4n) is 3.62. The van der Waals surface area contributed by atoms with Crippen LogP contribution in [0.25, 0.3) is 10.2 Å². The van der Waals surface area contributed by atoms with Gasteiger partial charge in [-0.2, -0.15) is 0 Å². The second kappa shape index (κ2) is 7.68. The van der Waals surface area contributed by atoms with Gasteiger partial charge in [-0.25, -0.2) is 4.98 Å². The van der Waals surface area contributed by atoms with Crippen molar-refractivity contribution in [3.63, 3.8) is 0 Å². The third-order valence-corrected chi connectivity index (χ3v) is 7.57. The molecular formula is C21H24N2O2S2. The van der Waals surface area contributed by atoms with Gasteiger partial charge in [-0.1, -0.05) is 19.1 Å². The van der Waals surface area contributed by atoms with Crippen molar-refractivity contribution < 1.29 is 4.74 Å². The molecule has 1 aromatic carbocycles. The number of hydrogen-bond donors (Lipinski definition) is 1. The van der Waals surface area contributed by atoms with Crippen LogP contribution >= 0.6 is 23.1 Å². The Labute approximate surface area is 167 Å². The van der Waals surface area contributed by atoms with Crippen molar-refractivity contribution in [2.24, 2.45) is 5.92 Å². The van der Waals surface area contributed by atoms with Crippen LogP contribution in [0.3, 0.4) is 0 Å². The summed E-state index contributed by atoms with van der Waals surface area (Å²) in [5.74, 6) is 3.18. The van der Waals surface area contributed by atoms with Crippen molar-refractivity contribution in [2.75, 3.05) is 7.11 Å². The molecule has 0 radical (unpaired) electrons. The molecule has 1 aliphatic rings. The van der Waals surface area contributed by atoms with Gasteiger partial charge in [0.1, 0.15) is 16.4 Å². The number of rotatable bonds is 5. The first-order valence-corrected chi connectivity index (χ1v) is 11.2. The number of hydrogen-bond acceptors (Lipinski definition) is 5. The Balaban J connectivity index is 1.57. The van der Waals surface area contributed by atoms with Crippen LogP contribution in [-0.2, 0) is 18.6 Å². The lowest BCUT2D eigenvalue weighted by Crippen LogP contribution is -2.15. The lowest BCUT2D eigenvalue weighted by Gasteiger charge is -2.17. The molecule has 6 heteroatoms. The van der Waals surface area contributed by atoms with Crippen molar-refractivity contribution in [3.05, 3.63) is 56.4 Å². The maximum atomic E-state index is 12.8. The molecule has 0 fully saturated rings. The maximum Gasteiger partial charge on any atom is 0.259 e. The standard InChI is InChI=1S/C21H24N2O2S2/c1-12-7-8-16-17(9-12)27-21-18(16)20(24)22-19(23-21)13(2)26-11-14-5-4-6-15(10-14)25-3/h4-6,10,12-13H,7-9,11H2,1-3H3,(H,22,23,24)/t12-,13+/m1/s1. The Morgan fingerprint density at radius 3 is 3.11 bits per heavy atom. The molecule has 4 nitrogen and oxygen atoms in total. The third-order valence-electron chi connectivity index (χ3n) is 5.20. The monoisotopic (exact) mass is 400 g/mol. The van der Waals surface area contributed by atoms with Gasteiger partial charge in [0, 0.05) is 10.6 Å². The SMILES string of the molecule is COc1cccc(CS[C@@H](C)c2nc3sc4c(c3c(=O)[nH]2)CC[C@@H](C)C4)c1. The normalized spacial score (nSPS) is 17.7. The number of methoxy groups -OCH3 is 1. The lowest BCUT2D eigenvalue weighted by atomic mass is 9.89. The van der Waals surface area contributed by atoms with Gasteiger partial charge < -0.3 is 9.72 Å². The highest BCUT2D eigenvalue weighted by molar-refractivity contribution is 7.98. The summed E-state index contributed by atoms with van der Waals surface area (Å²) in [6.07, 6.45) is 3.23. The largest absolute Gasteiger partial charge is 0.497 e. The van der Waals surface area contributed by atoms with Gasteiger partial charge in [0.25, 0.3) is 5.56 Å². The Morgan fingerprint density at radius 1 is 1.44 bits per heavy atom. The molecule has 142 valence electrons. The zero-order valence-electron chi connectivity index (χ0n) is 15.9. The number of fused-ring (bicyclic) bond motifs is 3. The van der Waals surface area contributed by atoms with E-state index < -0.39 is 0 Å². The second-order valence-corrected chi connectivity index (χ2v) is 9.70. The molecule has 0 saturated carbocycles. The van der Waals surface area contributed by atoms with E-state index >= 15 is 0 Å². The molecule has 2 atom stereocenters. The summed E-state index contributed by atoms with van der Waals surface area (Å²) in [5.41, 5.74) is 2.47. The highest BCUT2D eigenvalue weighted by atomic mass is 32.2. The van der Waals surface area contributed by atoms with Crippen LogP contribution in [0.5, 0.6) is 5.75 Å². The molecule has 1 N–H and O–H groups in total. The van der Waals surface area contributed by atoms with E-state index in [2.05, 4.69) is 24.9 Å². The van der Waals surface area contributed by atoms with Gasteiger partial charge in [-0.05, 0) is 55.4 Å². The number of aromatic nitrogens is 2. The van der Waals surface area contributed by atoms with Crippen LogP contribution in [0.4, 0.5) is 0 Å². The van der Waals surface area contributed by atoms with E-state index in [1.165, 1.54) is 16.0 Å². The van der Waals surface area contributed by atoms with Gasteiger partial charge in [-0.3, -0.25) is 4.79 Å². The van der Waals surface area contributed by atoms with Crippen molar-refractivity contribution in [1.82, 2.24) is 9.97 Å². The number of nitrogens with zero attached hydrogens (tertiary/aromatic N) is 1. The molecule has 2 aromatic heterocycles. The van der Waals surface area contributed by atoms with Crippen molar-refractivity contribution in [2.45, 2.75) is 44.1 Å². The Bertz CT molecular complexity index is 1020. The molecule has 0 saturated heterocycles. The topological polar surface area (TPSA) is 55.0 Å². The summed E-state index contributed by atoms with van der Waals surface area (Å²) < 4.78 is 5.29. The van der Waals surface area contributed by atoms with E-state index in [0.29, 0.717) is 5.92 Å². The van der Waals surface area contributed by atoms with Crippen LogP contribution in [0.2, 0.25) is 0 Å². The quantitative estimate of drug-likeness (QED) is 0.646. The Kier molecular flexibility index (Phi) is 5.28. The predicted octanol–water partition coefficient (Wildman–Crippen LogP) is 5.11. The summed E-state index contributed by atoms with van der Waals surface area (Å²) in [6, 6.07) is 8.09. The fourth-order valence-corrected chi connectivity index (χ4v) is 5.90. The van der Waals surface area contributed by atoms with Crippen molar-refractivity contribution in [1.29, 1.82) is 0 Å². The van der Waals surface area contributed by atoms with Crippen molar-refractivity contribution >= 4 is 33.3 Å². The molecule has 3 aromatic rings. The highest BCUT2D eigenvalue weighted by Crippen LogP contribution is 2.37. The van der Waals surface area contributed by atoms with E-state index in [9.17, 15) is 4.79 Å². The number of aromatic amines is 1. The van der Waals surface area contributed by atoms with Crippen molar-refractivity contribution in [3.8, 4) is 5.75 Å². The average Bonchev–Trinajstić information content (AvgIpc) is 3.04. The number of thiophene rings is 1. The van der Waals surface area contributed by atoms with Crippen LogP contribution in [0, 0.1) is 5.92 Å². The smallest absolute Gasteiger partial charge is 0.259 e. The van der Waals surface area contributed by atoms with Gasteiger partial charge in [0.15, 0.2) is 0 Å². The molecule has 0 spiro atoms. The molecule has 27 heavy (non-hydrogen) atoms. The van der Waals surface area contributed by atoms with Gasteiger partial charge >= 0.3 is 0 Å². The first-order valence-electron chi connectivity index (χ1n) is 9.34. The summed E-state index contributed by atoms with van der Waals surface area (Å²) in [6.45, 7) is 4.39. The molecule has 0 aliphatic heterocycles. The number of benzene rings is 1. The number of ether oxygens (including phenoxy) is 1. The minimum Gasteiger partial charge on any atom is -0.497 e. The third kappa shape index (κ3) is 3.78. The molecule has 0 bridgehead atoms. The van der Waals surface area contributed by atoms with Gasteiger partial charge in [0.05, 0.1) is 17.7 Å². The molecule has 4 rings (SSSR count). The van der Waals surface area contributed by atoms with Crippen LogP contribution in [0.1, 0.15) is 47.3 Å². The Morgan fingerprint density at radius 2 is 2.30 bits per heavy atom. The minimum absolute atomic E-state index is 0.0240. The van der Waals surface area contributed by atoms with E-state index in [4.69, 9.17) is 9.72 Å². The predicted molar refractivity (Wildman–Crippen MR) is 114 cm³/mol. The van der Waals surface area contributed by atoms with Crippen LogP contribution < -0.4 is 10.3 Å². The number of thioether (sulfide) groups is 1. The molecular weight excluding hydrogens is 376 g/mol. The number of nitrogens with one attached hydrogen (secondary N) is 1. The lowest BCUT2D eigenvalue weighted by molar-refractivity contribution is 0.414. The highest BCUT2D eigenvalue weighted by Gasteiger charge is 2.23.